The summed E-state index contributed by atoms with van der Waals surface area (Å²) < 4.78 is 4.67. The largest absolute Gasteiger partial charge is 0.502 e. The Kier molecular flexibility index (Phi) is 3.74. The van der Waals surface area contributed by atoms with E-state index in [-0.39, 0.29) is 19.0 Å². The van der Waals surface area contributed by atoms with Crippen LogP contribution in [-0.2, 0) is 4.74 Å². The lowest BCUT2D eigenvalue weighted by molar-refractivity contribution is -0.385. The van der Waals surface area contributed by atoms with Crippen molar-refractivity contribution in [3.8, 4) is 5.75 Å². The van der Waals surface area contributed by atoms with Crippen LogP contribution in [0.5, 0.6) is 5.75 Å². The summed E-state index contributed by atoms with van der Waals surface area (Å²) in [6.07, 6.45) is -0.555. The number of cyclic esters (lactones) is 1. The number of aromatic hydroxyl groups is 1. The number of nitro groups is 1. The van der Waals surface area contributed by atoms with Crippen molar-refractivity contribution in [3.63, 3.8) is 0 Å². The number of alkyl carbamates (subject to hydrolysis) is 1. The molecule has 1 saturated heterocycles. The quantitative estimate of drug-likeness (QED) is 0.620. The SMILES string of the molecule is Cl.O=C1N[C@@H](c2ccc(O)c([N+](=O)[O-])c2)CO1. The fraction of sp³-hybridized carbons (Fsp3) is 0.222. The third kappa shape index (κ3) is 2.56. The molecule has 0 radical (unpaired) electrons. The van der Waals surface area contributed by atoms with Crippen LogP contribution in [0, 0.1) is 10.1 Å². The zero-order valence-electron chi connectivity index (χ0n) is 8.45. The van der Waals surface area contributed by atoms with Crippen molar-refractivity contribution < 1.29 is 19.6 Å². The van der Waals surface area contributed by atoms with E-state index in [1.807, 2.05) is 0 Å². The van der Waals surface area contributed by atoms with Crippen LogP contribution in [0.15, 0.2) is 18.2 Å². The lowest BCUT2D eigenvalue weighted by Gasteiger charge is -2.07. The van der Waals surface area contributed by atoms with E-state index < -0.39 is 28.5 Å². The minimum Gasteiger partial charge on any atom is -0.502 e. The van der Waals surface area contributed by atoms with E-state index in [0.717, 1.165) is 0 Å². The van der Waals surface area contributed by atoms with E-state index in [1.54, 1.807) is 0 Å². The van der Waals surface area contributed by atoms with Crippen LogP contribution in [0.25, 0.3) is 0 Å². The molecule has 1 aliphatic heterocycles. The normalized spacial score (nSPS) is 17.9. The van der Waals surface area contributed by atoms with Gasteiger partial charge in [-0.15, -0.1) is 12.4 Å². The van der Waals surface area contributed by atoms with Crippen LogP contribution in [0.3, 0.4) is 0 Å². The summed E-state index contributed by atoms with van der Waals surface area (Å²) in [5, 5.41) is 22.3. The van der Waals surface area contributed by atoms with E-state index in [0.29, 0.717) is 5.56 Å². The smallest absolute Gasteiger partial charge is 0.407 e. The van der Waals surface area contributed by atoms with Crippen molar-refractivity contribution in [1.29, 1.82) is 0 Å². The molecule has 0 aliphatic carbocycles. The molecule has 1 amide bonds. The summed E-state index contributed by atoms with van der Waals surface area (Å²) in [5.41, 5.74) is 0.133. The Morgan fingerprint density at radius 1 is 1.53 bits per heavy atom. The van der Waals surface area contributed by atoms with Gasteiger partial charge in [-0.2, -0.15) is 0 Å². The molecule has 1 heterocycles. The number of hydrogen-bond donors (Lipinski definition) is 2. The lowest BCUT2D eigenvalue weighted by Crippen LogP contribution is -2.18. The molecule has 8 heteroatoms. The van der Waals surface area contributed by atoms with Crippen molar-refractivity contribution in [2.24, 2.45) is 0 Å². The van der Waals surface area contributed by atoms with Crippen molar-refractivity contribution >= 4 is 24.2 Å². The number of rotatable bonds is 2. The molecule has 2 rings (SSSR count). The predicted octanol–water partition coefficient (Wildman–Crippen LogP) is 1.50. The van der Waals surface area contributed by atoms with Crippen molar-refractivity contribution in [3.05, 3.63) is 33.9 Å². The van der Waals surface area contributed by atoms with Crippen LogP contribution in [0.2, 0.25) is 0 Å². The highest BCUT2D eigenvalue weighted by molar-refractivity contribution is 5.85. The van der Waals surface area contributed by atoms with Crippen LogP contribution in [-0.4, -0.2) is 22.7 Å². The molecule has 1 fully saturated rings. The van der Waals surface area contributed by atoms with Crippen molar-refractivity contribution in [2.75, 3.05) is 6.61 Å². The standard InChI is InChI=1S/C9H8N2O5.ClH/c12-8-2-1-5(3-7(8)11(14)15)6-4-16-9(13)10-6;/h1-3,6,12H,4H2,(H,10,13);1H/t6-;/m1./s1. The highest BCUT2D eigenvalue weighted by Crippen LogP contribution is 2.29. The van der Waals surface area contributed by atoms with Gasteiger partial charge in [-0.1, -0.05) is 6.07 Å². The number of halogens is 1. The monoisotopic (exact) mass is 260 g/mol. The summed E-state index contributed by atoms with van der Waals surface area (Å²) in [5.74, 6) is -0.404. The van der Waals surface area contributed by atoms with Crippen LogP contribution in [0.4, 0.5) is 10.5 Å². The molecule has 7 nitrogen and oxygen atoms in total. The van der Waals surface area contributed by atoms with Gasteiger partial charge in [0.15, 0.2) is 5.75 Å². The number of phenolic OH excluding ortho intramolecular Hbond substituents is 1. The maximum Gasteiger partial charge on any atom is 0.407 e. The number of ether oxygens (including phenoxy) is 1. The Morgan fingerprint density at radius 2 is 2.24 bits per heavy atom. The average Bonchev–Trinajstić information content (AvgIpc) is 2.65. The van der Waals surface area contributed by atoms with Gasteiger partial charge in [0.25, 0.3) is 0 Å². The fourth-order valence-electron chi connectivity index (χ4n) is 1.47. The van der Waals surface area contributed by atoms with Gasteiger partial charge in [0, 0.05) is 6.07 Å². The average molecular weight is 261 g/mol. The van der Waals surface area contributed by atoms with E-state index in [2.05, 4.69) is 10.1 Å². The second-order valence-electron chi connectivity index (χ2n) is 3.30. The third-order valence-electron chi connectivity index (χ3n) is 2.27. The van der Waals surface area contributed by atoms with E-state index >= 15 is 0 Å². The van der Waals surface area contributed by atoms with Crippen molar-refractivity contribution in [1.82, 2.24) is 5.32 Å². The first-order valence-corrected chi connectivity index (χ1v) is 4.48. The van der Waals surface area contributed by atoms with Gasteiger partial charge in [-0.25, -0.2) is 4.79 Å². The molecule has 1 aromatic carbocycles. The Bertz CT molecular complexity index is 465. The number of nitro benzene ring substituents is 1. The van der Waals surface area contributed by atoms with Gasteiger partial charge in [0.05, 0.1) is 11.0 Å². The van der Waals surface area contributed by atoms with Gasteiger partial charge in [0.1, 0.15) is 6.61 Å². The molecule has 17 heavy (non-hydrogen) atoms. The Balaban J connectivity index is 0.00000144. The van der Waals surface area contributed by atoms with Crippen LogP contribution in [0.1, 0.15) is 11.6 Å². The van der Waals surface area contributed by atoms with E-state index in [4.69, 9.17) is 0 Å². The van der Waals surface area contributed by atoms with E-state index in [9.17, 15) is 20.0 Å². The second-order valence-corrected chi connectivity index (χ2v) is 3.30. The molecule has 1 aliphatic rings. The molecule has 92 valence electrons. The summed E-state index contributed by atoms with van der Waals surface area (Å²) in [6.45, 7) is 0.126. The molecule has 0 aromatic heterocycles. The van der Waals surface area contributed by atoms with Crippen LogP contribution >= 0.6 is 12.4 Å². The topological polar surface area (TPSA) is 102 Å². The minimum absolute atomic E-state index is 0. The predicted molar refractivity (Wildman–Crippen MR) is 59.2 cm³/mol. The fourth-order valence-corrected chi connectivity index (χ4v) is 1.47. The van der Waals surface area contributed by atoms with Crippen molar-refractivity contribution in [2.45, 2.75) is 6.04 Å². The second kappa shape index (κ2) is 4.88. The highest BCUT2D eigenvalue weighted by Gasteiger charge is 2.26. The number of amides is 1. The van der Waals surface area contributed by atoms with Gasteiger partial charge < -0.3 is 15.2 Å². The van der Waals surface area contributed by atoms with Gasteiger partial charge >= 0.3 is 11.8 Å². The molecule has 2 N–H and O–H groups in total. The number of phenols is 1. The third-order valence-corrected chi connectivity index (χ3v) is 2.27. The molecular weight excluding hydrogens is 252 g/mol. The summed E-state index contributed by atoms with van der Waals surface area (Å²) in [4.78, 5) is 20.7. The number of carbonyl (C=O) groups is 1. The Hall–Kier alpha value is -2.02. The first kappa shape index (κ1) is 13.0. The molecule has 1 aromatic rings. The molecular formula is C9H9ClN2O5. The molecule has 0 spiro atoms. The summed E-state index contributed by atoms with van der Waals surface area (Å²) in [7, 11) is 0. The summed E-state index contributed by atoms with van der Waals surface area (Å²) >= 11 is 0. The number of nitrogens with one attached hydrogen (secondary N) is 1. The van der Waals surface area contributed by atoms with Gasteiger partial charge in [0.2, 0.25) is 0 Å². The number of carbonyl (C=O) groups excluding carboxylic acids is 1. The minimum atomic E-state index is -0.684. The maximum atomic E-state index is 10.8. The summed E-state index contributed by atoms with van der Waals surface area (Å²) in [6, 6.07) is 3.53. The molecule has 0 unspecified atom stereocenters. The number of benzene rings is 1. The molecule has 1 atom stereocenters. The lowest BCUT2D eigenvalue weighted by atomic mass is 10.1. The highest BCUT2D eigenvalue weighted by atomic mass is 35.5. The number of hydrogen-bond acceptors (Lipinski definition) is 5. The molecule has 0 saturated carbocycles. The Labute approximate surface area is 102 Å². The van der Waals surface area contributed by atoms with E-state index in [1.165, 1.54) is 18.2 Å². The first-order valence-electron chi connectivity index (χ1n) is 4.48. The zero-order valence-corrected chi connectivity index (χ0v) is 9.27. The Morgan fingerprint density at radius 3 is 2.76 bits per heavy atom. The van der Waals surface area contributed by atoms with Crippen LogP contribution < -0.4 is 5.32 Å². The zero-order chi connectivity index (χ0) is 11.7. The molecule has 0 bridgehead atoms. The van der Waals surface area contributed by atoms with Gasteiger partial charge in [-0.05, 0) is 11.6 Å². The number of nitrogens with zero attached hydrogens (tertiary/aromatic N) is 1. The van der Waals surface area contributed by atoms with Gasteiger partial charge in [-0.3, -0.25) is 10.1 Å². The maximum absolute atomic E-state index is 10.8. The first-order chi connectivity index (χ1) is 7.58.